The Kier molecular flexibility index (Phi) is 6.90. The highest BCUT2D eigenvalue weighted by Gasteiger charge is 2.04. The Labute approximate surface area is 123 Å². The summed E-state index contributed by atoms with van der Waals surface area (Å²) in [6.45, 7) is 8.32. The van der Waals surface area contributed by atoms with Crippen LogP contribution in [-0.2, 0) is 6.42 Å². The van der Waals surface area contributed by atoms with Crippen LogP contribution in [0.15, 0.2) is 42.5 Å². The van der Waals surface area contributed by atoms with Gasteiger partial charge in [-0.25, -0.2) is 0 Å². The van der Waals surface area contributed by atoms with Crippen molar-refractivity contribution in [2.45, 2.75) is 26.7 Å². The minimum atomic E-state index is 0. The first-order valence-corrected chi connectivity index (χ1v) is 7.15. The SMILES string of the molecule is CC[NH+](CC)CCCc1cccc2ccccc12.[Cl-]. The minimum absolute atomic E-state index is 0. The molecule has 0 fully saturated rings. The monoisotopic (exact) mass is 277 g/mol. The lowest BCUT2D eigenvalue weighted by Gasteiger charge is -2.15. The number of nitrogens with one attached hydrogen (secondary N) is 1. The molecule has 0 aliphatic carbocycles. The number of fused-ring (bicyclic) bond motifs is 1. The number of quaternary nitrogens is 1. The van der Waals surface area contributed by atoms with E-state index in [9.17, 15) is 0 Å². The maximum Gasteiger partial charge on any atom is 0.0774 e. The molecule has 0 saturated heterocycles. The topological polar surface area (TPSA) is 4.44 Å². The molecule has 2 rings (SSSR count). The molecule has 0 amide bonds. The van der Waals surface area contributed by atoms with Crippen LogP contribution in [0.4, 0.5) is 0 Å². The first kappa shape index (κ1) is 16.0. The molecule has 1 nitrogen and oxygen atoms in total. The van der Waals surface area contributed by atoms with Gasteiger partial charge in [0.15, 0.2) is 0 Å². The lowest BCUT2D eigenvalue weighted by molar-refractivity contribution is -0.896. The summed E-state index contributed by atoms with van der Waals surface area (Å²) < 4.78 is 0. The van der Waals surface area contributed by atoms with Gasteiger partial charge in [0, 0.05) is 6.42 Å². The van der Waals surface area contributed by atoms with Gasteiger partial charge in [-0.2, -0.15) is 0 Å². The summed E-state index contributed by atoms with van der Waals surface area (Å²) in [5.41, 5.74) is 1.50. The molecule has 0 bridgehead atoms. The van der Waals surface area contributed by atoms with E-state index in [2.05, 4.69) is 56.3 Å². The zero-order valence-corrected chi connectivity index (χ0v) is 12.7. The minimum Gasteiger partial charge on any atom is -1.00 e. The fourth-order valence-electron chi connectivity index (χ4n) is 2.64. The fraction of sp³-hybridized carbons (Fsp3) is 0.412. The zero-order chi connectivity index (χ0) is 12.8. The summed E-state index contributed by atoms with van der Waals surface area (Å²) in [6.07, 6.45) is 2.48. The number of rotatable bonds is 6. The van der Waals surface area contributed by atoms with E-state index in [0.29, 0.717) is 0 Å². The molecule has 0 aliphatic heterocycles. The Balaban J connectivity index is 0.00000180. The number of aryl methyl sites for hydroxylation is 1. The van der Waals surface area contributed by atoms with Crippen LogP contribution >= 0.6 is 0 Å². The van der Waals surface area contributed by atoms with Crippen molar-refractivity contribution in [1.29, 1.82) is 0 Å². The molecule has 0 atom stereocenters. The zero-order valence-electron chi connectivity index (χ0n) is 12.0. The van der Waals surface area contributed by atoms with E-state index in [-0.39, 0.29) is 12.4 Å². The van der Waals surface area contributed by atoms with Crippen molar-refractivity contribution in [2.75, 3.05) is 19.6 Å². The molecule has 0 heterocycles. The Morgan fingerprint density at radius 2 is 1.58 bits per heavy atom. The van der Waals surface area contributed by atoms with Crippen molar-refractivity contribution < 1.29 is 17.3 Å². The summed E-state index contributed by atoms with van der Waals surface area (Å²) >= 11 is 0. The van der Waals surface area contributed by atoms with Crippen molar-refractivity contribution in [3.63, 3.8) is 0 Å². The van der Waals surface area contributed by atoms with Gasteiger partial charge in [0.2, 0.25) is 0 Å². The van der Waals surface area contributed by atoms with Crippen LogP contribution in [-0.4, -0.2) is 19.6 Å². The van der Waals surface area contributed by atoms with Gasteiger partial charge in [-0.1, -0.05) is 42.5 Å². The third-order valence-electron chi connectivity index (χ3n) is 3.86. The van der Waals surface area contributed by atoms with Crippen LogP contribution in [0, 0.1) is 0 Å². The van der Waals surface area contributed by atoms with Gasteiger partial charge in [-0.05, 0) is 36.6 Å². The second-order valence-electron chi connectivity index (χ2n) is 4.95. The standard InChI is InChI=1S/C17H23N.ClH/c1-3-18(4-2)14-8-12-16-11-7-10-15-9-5-6-13-17(15)16;/h5-7,9-11,13H,3-4,8,12,14H2,1-2H3;1H. The average molecular weight is 278 g/mol. The molecule has 0 saturated carbocycles. The van der Waals surface area contributed by atoms with E-state index in [1.807, 2.05) is 0 Å². The van der Waals surface area contributed by atoms with Crippen LogP contribution in [0.5, 0.6) is 0 Å². The molecule has 104 valence electrons. The average Bonchev–Trinajstić information content (AvgIpc) is 2.44. The van der Waals surface area contributed by atoms with Crippen LogP contribution < -0.4 is 17.3 Å². The van der Waals surface area contributed by atoms with Gasteiger partial charge in [-0.15, -0.1) is 0 Å². The highest BCUT2D eigenvalue weighted by atomic mass is 35.5. The van der Waals surface area contributed by atoms with Gasteiger partial charge < -0.3 is 17.3 Å². The van der Waals surface area contributed by atoms with Crippen LogP contribution in [0.25, 0.3) is 10.8 Å². The lowest BCUT2D eigenvalue weighted by atomic mass is 10.0. The van der Waals surface area contributed by atoms with Gasteiger partial charge in [0.05, 0.1) is 19.6 Å². The van der Waals surface area contributed by atoms with Crippen LogP contribution in [0.2, 0.25) is 0 Å². The predicted molar refractivity (Wildman–Crippen MR) is 79.2 cm³/mol. The summed E-state index contributed by atoms with van der Waals surface area (Å²) in [5, 5.41) is 2.79. The predicted octanol–water partition coefficient (Wildman–Crippen LogP) is -0.299. The Morgan fingerprint density at radius 3 is 2.32 bits per heavy atom. The maximum absolute atomic E-state index is 2.28. The van der Waals surface area contributed by atoms with Crippen molar-refractivity contribution in [3.05, 3.63) is 48.0 Å². The second kappa shape index (κ2) is 8.19. The van der Waals surface area contributed by atoms with E-state index in [0.717, 1.165) is 0 Å². The third kappa shape index (κ3) is 4.22. The molecule has 2 aromatic carbocycles. The Bertz CT molecular complexity index is 486. The summed E-state index contributed by atoms with van der Waals surface area (Å²) in [7, 11) is 0. The normalized spacial score (nSPS) is 10.7. The highest BCUT2D eigenvalue weighted by Crippen LogP contribution is 2.19. The maximum atomic E-state index is 2.28. The van der Waals surface area contributed by atoms with Gasteiger partial charge in [0.25, 0.3) is 0 Å². The molecule has 19 heavy (non-hydrogen) atoms. The third-order valence-corrected chi connectivity index (χ3v) is 3.86. The lowest BCUT2D eigenvalue weighted by Crippen LogP contribution is -3.11. The summed E-state index contributed by atoms with van der Waals surface area (Å²) in [4.78, 5) is 1.70. The van der Waals surface area contributed by atoms with Crippen molar-refractivity contribution in [2.24, 2.45) is 0 Å². The Morgan fingerprint density at radius 1 is 0.895 bits per heavy atom. The molecule has 0 unspecified atom stereocenters. The van der Waals surface area contributed by atoms with E-state index in [4.69, 9.17) is 0 Å². The fourth-order valence-corrected chi connectivity index (χ4v) is 2.64. The molecular weight excluding hydrogens is 254 g/mol. The molecule has 0 spiro atoms. The van der Waals surface area contributed by atoms with Crippen LogP contribution in [0.3, 0.4) is 0 Å². The molecule has 1 N–H and O–H groups in total. The van der Waals surface area contributed by atoms with E-state index < -0.39 is 0 Å². The molecule has 2 heteroatoms. The number of hydrogen-bond acceptors (Lipinski definition) is 0. The van der Waals surface area contributed by atoms with Crippen molar-refractivity contribution in [3.8, 4) is 0 Å². The van der Waals surface area contributed by atoms with E-state index in [1.165, 1.54) is 48.8 Å². The number of halogens is 1. The van der Waals surface area contributed by atoms with Crippen LogP contribution in [0.1, 0.15) is 25.8 Å². The van der Waals surface area contributed by atoms with Crippen molar-refractivity contribution in [1.82, 2.24) is 0 Å². The molecule has 0 aromatic heterocycles. The van der Waals surface area contributed by atoms with Gasteiger partial charge in [0.1, 0.15) is 0 Å². The van der Waals surface area contributed by atoms with Gasteiger partial charge >= 0.3 is 0 Å². The second-order valence-corrected chi connectivity index (χ2v) is 4.95. The smallest absolute Gasteiger partial charge is 0.0774 e. The summed E-state index contributed by atoms with van der Waals surface area (Å²) in [5.74, 6) is 0. The quantitative estimate of drug-likeness (QED) is 0.740. The molecular formula is C17H24ClN. The highest BCUT2D eigenvalue weighted by molar-refractivity contribution is 5.85. The largest absolute Gasteiger partial charge is 1.00 e. The number of benzene rings is 2. The molecule has 0 radical (unpaired) electrons. The summed E-state index contributed by atoms with van der Waals surface area (Å²) in [6, 6.07) is 15.4. The van der Waals surface area contributed by atoms with Crippen molar-refractivity contribution >= 4 is 10.8 Å². The van der Waals surface area contributed by atoms with E-state index >= 15 is 0 Å². The first-order valence-electron chi connectivity index (χ1n) is 7.15. The molecule has 2 aromatic rings. The molecule has 0 aliphatic rings. The first-order chi connectivity index (χ1) is 8.85. The Hall–Kier alpha value is -1.05. The van der Waals surface area contributed by atoms with E-state index in [1.54, 1.807) is 4.90 Å². The number of hydrogen-bond donors (Lipinski definition) is 1. The van der Waals surface area contributed by atoms with Gasteiger partial charge in [-0.3, -0.25) is 0 Å².